The maximum absolute atomic E-state index is 12.9. The monoisotopic (exact) mass is 292 g/mol. The Hall–Kier alpha value is -1.65. The second-order valence-electron chi connectivity index (χ2n) is 5.00. The van der Waals surface area contributed by atoms with Gasteiger partial charge in [0.15, 0.2) is 0 Å². The molecule has 0 amide bonds. The van der Waals surface area contributed by atoms with Crippen LogP contribution in [0.15, 0.2) is 42.6 Å². The van der Waals surface area contributed by atoms with E-state index in [9.17, 15) is 4.39 Å². The van der Waals surface area contributed by atoms with E-state index in [4.69, 9.17) is 16.3 Å². The van der Waals surface area contributed by atoms with Crippen molar-refractivity contribution in [1.29, 1.82) is 0 Å². The number of aromatic nitrogens is 1. The topological polar surface area (TPSA) is 34.2 Å². The summed E-state index contributed by atoms with van der Waals surface area (Å²) in [5, 5.41) is 3.80. The first kappa shape index (κ1) is 13.3. The minimum absolute atomic E-state index is 0.0913. The molecule has 0 aliphatic carbocycles. The molecule has 0 atom stereocenters. The summed E-state index contributed by atoms with van der Waals surface area (Å²) in [7, 11) is 0. The largest absolute Gasteiger partial charge is 0.384 e. The zero-order chi connectivity index (χ0) is 14.0. The van der Waals surface area contributed by atoms with Crippen molar-refractivity contribution in [3.63, 3.8) is 0 Å². The number of pyridine rings is 1. The minimum atomic E-state index is -0.237. The highest BCUT2D eigenvalue weighted by Gasteiger charge is 2.40. The second kappa shape index (κ2) is 5.38. The van der Waals surface area contributed by atoms with Gasteiger partial charge in [-0.3, -0.25) is 0 Å². The van der Waals surface area contributed by atoms with E-state index in [1.165, 1.54) is 12.1 Å². The van der Waals surface area contributed by atoms with Crippen molar-refractivity contribution < 1.29 is 9.13 Å². The molecule has 20 heavy (non-hydrogen) atoms. The Morgan fingerprint density at radius 1 is 1.20 bits per heavy atom. The molecule has 2 heterocycles. The molecule has 0 saturated carbocycles. The standard InChI is InChI=1S/C15H14ClFN2O/c16-14-6-1-11(7-18-14)15(9-20-10-15)8-19-13-4-2-12(17)3-5-13/h1-7,19H,8-10H2. The van der Waals surface area contributed by atoms with Gasteiger partial charge in [-0.25, -0.2) is 9.37 Å². The van der Waals surface area contributed by atoms with E-state index >= 15 is 0 Å². The highest BCUT2D eigenvalue weighted by molar-refractivity contribution is 6.29. The lowest BCUT2D eigenvalue weighted by Crippen LogP contribution is -2.51. The molecule has 1 N–H and O–H groups in total. The first-order valence-corrected chi connectivity index (χ1v) is 6.75. The molecule has 5 heteroatoms. The Labute approximate surface area is 121 Å². The molecule has 1 aromatic carbocycles. The molecule has 0 radical (unpaired) electrons. The number of ether oxygens (including phenoxy) is 1. The number of benzene rings is 1. The highest BCUT2D eigenvalue weighted by Crippen LogP contribution is 2.32. The summed E-state index contributed by atoms with van der Waals surface area (Å²) in [4.78, 5) is 4.13. The number of nitrogens with zero attached hydrogens (tertiary/aromatic N) is 1. The van der Waals surface area contributed by atoms with E-state index in [1.54, 1.807) is 24.4 Å². The molecular weight excluding hydrogens is 279 g/mol. The SMILES string of the molecule is Fc1ccc(NCC2(c3ccc(Cl)nc3)COC2)cc1. The summed E-state index contributed by atoms with van der Waals surface area (Å²) in [5.41, 5.74) is 1.90. The molecular formula is C15H14ClFN2O. The summed E-state index contributed by atoms with van der Waals surface area (Å²) in [6.45, 7) is 2.00. The van der Waals surface area contributed by atoms with Crippen LogP contribution >= 0.6 is 11.6 Å². The number of nitrogens with one attached hydrogen (secondary N) is 1. The van der Waals surface area contributed by atoms with E-state index in [2.05, 4.69) is 10.3 Å². The maximum Gasteiger partial charge on any atom is 0.129 e. The van der Waals surface area contributed by atoms with Gasteiger partial charge in [0.1, 0.15) is 11.0 Å². The lowest BCUT2D eigenvalue weighted by molar-refractivity contribution is -0.0530. The number of hydrogen-bond acceptors (Lipinski definition) is 3. The fraction of sp³-hybridized carbons (Fsp3) is 0.267. The molecule has 1 fully saturated rings. The first-order valence-electron chi connectivity index (χ1n) is 6.37. The molecule has 1 aliphatic rings. The number of hydrogen-bond donors (Lipinski definition) is 1. The summed E-state index contributed by atoms with van der Waals surface area (Å²) >= 11 is 5.82. The van der Waals surface area contributed by atoms with Crippen molar-refractivity contribution in [2.45, 2.75) is 5.41 Å². The lowest BCUT2D eigenvalue weighted by atomic mass is 9.79. The van der Waals surface area contributed by atoms with Gasteiger partial charge in [-0.2, -0.15) is 0 Å². The van der Waals surface area contributed by atoms with Gasteiger partial charge in [-0.1, -0.05) is 17.7 Å². The fourth-order valence-corrected chi connectivity index (χ4v) is 2.36. The summed E-state index contributed by atoms with van der Waals surface area (Å²) in [6, 6.07) is 10.1. The van der Waals surface area contributed by atoms with Gasteiger partial charge < -0.3 is 10.1 Å². The molecule has 3 nitrogen and oxygen atoms in total. The van der Waals surface area contributed by atoms with Crippen LogP contribution in [0.4, 0.5) is 10.1 Å². The molecule has 104 valence electrons. The van der Waals surface area contributed by atoms with Crippen LogP contribution < -0.4 is 5.32 Å². The van der Waals surface area contributed by atoms with Crippen molar-refractivity contribution in [2.75, 3.05) is 25.1 Å². The van der Waals surface area contributed by atoms with Gasteiger partial charge in [0, 0.05) is 18.4 Å². The van der Waals surface area contributed by atoms with E-state index in [0.717, 1.165) is 11.3 Å². The van der Waals surface area contributed by atoms with Gasteiger partial charge >= 0.3 is 0 Å². The summed E-state index contributed by atoms with van der Waals surface area (Å²) in [5.74, 6) is -0.237. The first-order chi connectivity index (χ1) is 9.68. The Bertz CT molecular complexity index is 582. The van der Waals surface area contributed by atoms with Crippen LogP contribution in [-0.4, -0.2) is 24.7 Å². The quantitative estimate of drug-likeness (QED) is 0.878. The van der Waals surface area contributed by atoms with Gasteiger partial charge in [-0.05, 0) is 35.9 Å². The smallest absolute Gasteiger partial charge is 0.129 e. The van der Waals surface area contributed by atoms with Crippen LogP contribution in [0.5, 0.6) is 0 Å². The number of rotatable bonds is 4. The molecule has 3 rings (SSSR count). The summed E-state index contributed by atoms with van der Waals surface area (Å²) in [6.07, 6.45) is 1.79. The van der Waals surface area contributed by atoms with E-state index in [1.807, 2.05) is 6.07 Å². The Kier molecular flexibility index (Phi) is 3.59. The summed E-state index contributed by atoms with van der Waals surface area (Å²) < 4.78 is 18.2. The van der Waals surface area contributed by atoms with Crippen molar-refractivity contribution in [1.82, 2.24) is 4.98 Å². The molecule has 0 spiro atoms. The van der Waals surface area contributed by atoms with Crippen LogP contribution in [0.2, 0.25) is 5.15 Å². The maximum atomic E-state index is 12.9. The van der Waals surface area contributed by atoms with Crippen molar-refractivity contribution >= 4 is 17.3 Å². The van der Waals surface area contributed by atoms with Crippen molar-refractivity contribution in [3.8, 4) is 0 Å². The molecule has 1 saturated heterocycles. The molecule has 1 aromatic heterocycles. The zero-order valence-corrected chi connectivity index (χ0v) is 11.5. The highest BCUT2D eigenvalue weighted by atomic mass is 35.5. The van der Waals surface area contributed by atoms with E-state index < -0.39 is 0 Å². The van der Waals surface area contributed by atoms with Crippen LogP contribution in [0.25, 0.3) is 0 Å². The minimum Gasteiger partial charge on any atom is -0.384 e. The van der Waals surface area contributed by atoms with E-state index in [0.29, 0.717) is 24.9 Å². The molecule has 0 bridgehead atoms. The third-order valence-corrected chi connectivity index (χ3v) is 3.80. The van der Waals surface area contributed by atoms with Crippen LogP contribution in [-0.2, 0) is 10.2 Å². The number of anilines is 1. The molecule has 0 unspecified atom stereocenters. The van der Waals surface area contributed by atoms with Gasteiger partial charge in [0.05, 0.1) is 18.6 Å². The second-order valence-corrected chi connectivity index (χ2v) is 5.39. The Morgan fingerprint density at radius 2 is 1.95 bits per heavy atom. The van der Waals surface area contributed by atoms with Gasteiger partial charge in [0.25, 0.3) is 0 Å². The average Bonchev–Trinajstić information content (AvgIpc) is 2.41. The van der Waals surface area contributed by atoms with E-state index in [-0.39, 0.29) is 11.2 Å². The van der Waals surface area contributed by atoms with Gasteiger partial charge in [0.2, 0.25) is 0 Å². The average molecular weight is 293 g/mol. The molecule has 2 aromatic rings. The zero-order valence-electron chi connectivity index (χ0n) is 10.8. The Balaban J connectivity index is 1.73. The Morgan fingerprint density at radius 3 is 2.50 bits per heavy atom. The van der Waals surface area contributed by atoms with Crippen LogP contribution in [0.3, 0.4) is 0 Å². The normalized spacial score (nSPS) is 16.5. The fourth-order valence-electron chi connectivity index (χ4n) is 2.25. The van der Waals surface area contributed by atoms with Crippen LogP contribution in [0, 0.1) is 5.82 Å². The third-order valence-electron chi connectivity index (χ3n) is 3.57. The predicted octanol–water partition coefficient (Wildman–Crippen LogP) is 3.25. The third kappa shape index (κ3) is 2.62. The van der Waals surface area contributed by atoms with Gasteiger partial charge in [-0.15, -0.1) is 0 Å². The van der Waals surface area contributed by atoms with Crippen molar-refractivity contribution in [3.05, 3.63) is 59.1 Å². The predicted molar refractivity (Wildman–Crippen MR) is 76.6 cm³/mol. The van der Waals surface area contributed by atoms with Crippen LogP contribution in [0.1, 0.15) is 5.56 Å². The molecule has 1 aliphatic heterocycles. The van der Waals surface area contributed by atoms with Crippen molar-refractivity contribution in [2.24, 2.45) is 0 Å². The lowest BCUT2D eigenvalue weighted by Gasteiger charge is -2.42. The number of halogens is 2.